The standard InChI is InChI=1S/C26H35NO2/c1-25(2,3)22-15-16-23(24(28)20-22)26(29,27-18-10-5-11-19-27)17-9-8-14-21-12-6-4-7-13-21/h4,6-8,12-16,20,28-29H,5,9-11,17-19H2,1-3H3. The first kappa shape index (κ1) is 21.6. The Hall–Kier alpha value is -2.10. The molecule has 3 rings (SSSR count). The van der Waals surface area contributed by atoms with Gasteiger partial charge < -0.3 is 10.2 Å². The third kappa shape index (κ3) is 5.29. The van der Waals surface area contributed by atoms with Gasteiger partial charge in [0.05, 0.1) is 0 Å². The average Bonchev–Trinajstić information content (AvgIpc) is 2.72. The highest BCUT2D eigenvalue weighted by Gasteiger charge is 2.38. The van der Waals surface area contributed by atoms with Crippen LogP contribution in [0.15, 0.2) is 54.6 Å². The molecule has 0 aromatic heterocycles. The molecule has 1 atom stereocenters. The molecule has 0 spiro atoms. The Balaban J connectivity index is 1.84. The van der Waals surface area contributed by atoms with Gasteiger partial charge in [-0.15, -0.1) is 0 Å². The largest absolute Gasteiger partial charge is 0.507 e. The Bertz CT molecular complexity index is 816. The maximum absolute atomic E-state index is 11.8. The fourth-order valence-electron chi connectivity index (χ4n) is 4.13. The second-order valence-electron chi connectivity index (χ2n) is 9.20. The van der Waals surface area contributed by atoms with E-state index in [2.05, 4.69) is 50.0 Å². The van der Waals surface area contributed by atoms with Crippen LogP contribution in [0.5, 0.6) is 5.75 Å². The highest BCUT2D eigenvalue weighted by atomic mass is 16.3. The molecule has 0 aliphatic carbocycles. The van der Waals surface area contributed by atoms with E-state index < -0.39 is 5.72 Å². The van der Waals surface area contributed by atoms with E-state index in [1.165, 1.54) is 6.42 Å². The Labute approximate surface area is 175 Å². The van der Waals surface area contributed by atoms with Gasteiger partial charge in [-0.1, -0.05) is 81.8 Å². The summed E-state index contributed by atoms with van der Waals surface area (Å²) in [5.41, 5.74) is 1.66. The van der Waals surface area contributed by atoms with E-state index in [1.807, 2.05) is 36.4 Å². The molecule has 1 fully saturated rings. The summed E-state index contributed by atoms with van der Waals surface area (Å²) in [7, 11) is 0. The quantitative estimate of drug-likeness (QED) is 0.650. The minimum absolute atomic E-state index is 0.0440. The summed E-state index contributed by atoms with van der Waals surface area (Å²) < 4.78 is 0. The van der Waals surface area contributed by atoms with Crippen LogP contribution in [0.2, 0.25) is 0 Å². The fraction of sp³-hybridized carbons (Fsp3) is 0.462. The minimum atomic E-state index is -1.15. The zero-order valence-electron chi connectivity index (χ0n) is 18.1. The number of likely N-dealkylation sites (tertiary alicyclic amines) is 1. The molecule has 0 saturated carbocycles. The maximum Gasteiger partial charge on any atom is 0.148 e. The lowest BCUT2D eigenvalue weighted by Crippen LogP contribution is -2.48. The number of aliphatic hydroxyl groups is 1. The molecule has 1 unspecified atom stereocenters. The second kappa shape index (κ2) is 9.15. The van der Waals surface area contributed by atoms with Crippen molar-refractivity contribution in [2.24, 2.45) is 0 Å². The van der Waals surface area contributed by atoms with Gasteiger partial charge >= 0.3 is 0 Å². The minimum Gasteiger partial charge on any atom is -0.507 e. The molecule has 1 aliphatic rings. The summed E-state index contributed by atoms with van der Waals surface area (Å²) in [5.74, 6) is 0.192. The molecule has 2 aromatic rings. The van der Waals surface area contributed by atoms with E-state index in [-0.39, 0.29) is 11.2 Å². The molecular weight excluding hydrogens is 358 g/mol. The summed E-state index contributed by atoms with van der Waals surface area (Å²) in [6.07, 6.45) is 8.88. The lowest BCUT2D eigenvalue weighted by molar-refractivity contribution is -0.130. The van der Waals surface area contributed by atoms with Crippen molar-refractivity contribution >= 4 is 6.08 Å². The number of rotatable bonds is 6. The van der Waals surface area contributed by atoms with Crippen LogP contribution in [-0.2, 0) is 11.1 Å². The molecule has 3 nitrogen and oxygen atoms in total. The summed E-state index contributed by atoms with van der Waals surface area (Å²) in [5, 5.41) is 22.7. The number of phenolic OH excluding ortho intramolecular Hbond substituents is 1. The van der Waals surface area contributed by atoms with E-state index in [1.54, 1.807) is 0 Å². The number of phenols is 1. The molecule has 0 bridgehead atoms. The first-order valence-corrected chi connectivity index (χ1v) is 10.8. The molecule has 1 heterocycles. The Kier molecular flexibility index (Phi) is 6.81. The van der Waals surface area contributed by atoms with Gasteiger partial charge in [0.2, 0.25) is 0 Å². The Morgan fingerprint density at radius 2 is 1.66 bits per heavy atom. The highest BCUT2D eigenvalue weighted by Crippen LogP contribution is 2.39. The van der Waals surface area contributed by atoms with Gasteiger partial charge in [-0.25, -0.2) is 0 Å². The number of hydrogen-bond donors (Lipinski definition) is 2. The van der Waals surface area contributed by atoms with Crippen molar-refractivity contribution in [1.82, 2.24) is 4.90 Å². The number of piperidine rings is 1. The molecule has 29 heavy (non-hydrogen) atoms. The Morgan fingerprint density at radius 1 is 0.966 bits per heavy atom. The third-order valence-corrected chi connectivity index (χ3v) is 5.94. The van der Waals surface area contributed by atoms with Crippen molar-refractivity contribution in [3.05, 3.63) is 71.3 Å². The van der Waals surface area contributed by atoms with Crippen LogP contribution in [0, 0.1) is 0 Å². The van der Waals surface area contributed by atoms with E-state index in [4.69, 9.17) is 0 Å². The van der Waals surface area contributed by atoms with Crippen LogP contribution in [0.4, 0.5) is 0 Å². The summed E-state index contributed by atoms with van der Waals surface area (Å²) in [6, 6.07) is 16.0. The van der Waals surface area contributed by atoms with Gasteiger partial charge in [0.1, 0.15) is 11.5 Å². The van der Waals surface area contributed by atoms with E-state index in [9.17, 15) is 10.2 Å². The summed E-state index contributed by atoms with van der Waals surface area (Å²) in [6.45, 7) is 8.12. The van der Waals surface area contributed by atoms with Crippen LogP contribution in [0.1, 0.15) is 69.6 Å². The molecular formula is C26H35NO2. The molecule has 0 radical (unpaired) electrons. The van der Waals surface area contributed by atoms with Crippen molar-refractivity contribution in [2.45, 2.75) is 64.0 Å². The van der Waals surface area contributed by atoms with Crippen molar-refractivity contribution < 1.29 is 10.2 Å². The molecule has 3 heteroatoms. The number of aromatic hydroxyl groups is 1. The SMILES string of the molecule is CC(C)(C)c1ccc(C(O)(CCC=Cc2ccccc2)N2CCCCC2)c(O)c1. The first-order valence-electron chi connectivity index (χ1n) is 10.8. The smallest absolute Gasteiger partial charge is 0.148 e. The molecule has 1 aliphatic heterocycles. The van der Waals surface area contributed by atoms with Crippen LogP contribution < -0.4 is 0 Å². The van der Waals surface area contributed by atoms with E-state index >= 15 is 0 Å². The first-order chi connectivity index (χ1) is 13.8. The van der Waals surface area contributed by atoms with Crippen molar-refractivity contribution in [3.8, 4) is 5.75 Å². The van der Waals surface area contributed by atoms with Crippen molar-refractivity contribution in [3.63, 3.8) is 0 Å². The lowest BCUT2D eigenvalue weighted by Gasteiger charge is -2.42. The van der Waals surface area contributed by atoms with Crippen molar-refractivity contribution in [2.75, 3.05) is 13.1 Å². The van der Waals surface area contributed by atoms with Crippen molar-refractivity contribution in [1.29, 1.82) is 0 Å². The molecule has 156 valence electrons. The number of nitrogens with zero attached hydrogens (tertiary/aromatic N) is 1. The zero-order valence-corrected chi connectivity index (χ0v) is 18.1. The Morgan fingerprint density at radius 3 is 2.28 bits per heavy atom. The van der Waals surface area contributed by atoms with E-state index in [0.717, 1.165) is 43.5 Å². The van der Waals surface area contributed by atoms with Crippen LogP contribution >= 0.6 is 0 Å². The topological polar surface area (TPSA) is 43.7 Å². The van der Waals surface area contributed by atoms with Gasteiger partial charge in [-0.05, 0) is 48.3 Å². The predicted molar refractivity (Wildman–Crippen MR) is 121 cm³/mol. The number of allylic oxidation sites excluding steroid dienone is 1. The van der Waals surface area contributed by atoms with Gasteiger partial charge in [0.15, 0.2) is 0 Å². The second-order valence-corrected chi connectivity index (χ2v) is 9.20. The van der Waals surface area contributed by atoms with Gasteiger partial charge in [0.25, 0.3) is 0 Å². The van der Waals surface area contributed by atoms with Gasteiger partial charge in [0, 0.05) is 18.7 Å². The predicted octanol–water partition coefficient (Wildman–Crippen LogP) is 5.81. The average molecular weight is 394 g/mol. The third-order valence-electron chi connectivity index (χ3n) is 5.94. The summed E-state index contributed by atoms with van der Waals surface area (Å²) in [4.78, 5) is 2.15. The summed E-state index contributed by atoms with van der Waals surface area (Å²) >= 11 is 0. The zero-order chi connectivity index (χ0) is 20.9. The normalized spacial score (nSPS) is 18.1. The number of hydrogen-bond acceptors (Lipinski definition) is 3. The monoisotopic (exact) mass is 393 g/mol. The van der Waals surface area contributed by atoms with Crippen LogP contribution in [0.25, 0.3) is 6.08 Å². The molecule has 2 N–H and O–H groups in total. The molecule has 1 saturated heterocycles. The lowest BCUT2D eigenvalue weighted by atomic mass is 9.84. The van der Waals surface area contributed by atoms with Crippen LogP contribution in [-0.4, -0.2) is 28.2 Å². The van der Waals surface area contributed by atoms with Gasteiger partial charge in [-0.2, -0.15) is 0 Å². The maximum atomic E-state index is 11.8. The molecule has 2 aromatic carbocycles. The number of benzene rings is 2. The molecule has 0 amide bonds. The van der Waals surface area contributed by atoms with E-state index in [0.29, 0.717) is 12.0 Å². The highest BCUT2D eigenvalue weighted by molar-refractivity contribution is 5.48. The van der Waals surface area contributed by atoms with Gasteiger partial charge in [-0.3, -0.25) is 4.90 Å². The van der Waals surface area contributed by atoms with Crippen LogP contribution in [0.3, 0.4) is 0 Å². The fourth-order valence-corrected chi connectivity index (χ4v) is 4.13.